The lowest BCUT2D eigenvalue weighted by Crippen LogP contribution is -2.47. The Hall–Kier alpha value is -2.17. The van der Waals surface area contributed by atoms with Crippen LogP contribution >= 0.6 is 0 Å². The average Bonchev–Trinajstić information content (AvgIpc) is 2.68. The van der Waals surface area contributed by atoms with Gasteiger partial charge in [-0.25, -0.2) is 0 Å². The van der Waals surface area contributed by atoms with Crippen LogP contribution < -0.4 is 5.32 Å². The van der Waals surface area contributed by atoms with Gasteiger partial charge in [-0.2, -0.15) is 0 Å². The van der Waals surface area contributed by atoms with Gasteiger partial charge in [-0.15, -0.1) is 0 Å². The summed E-state index contributed by atoms with van der Waals surface area (Å²) in [5.74, 6) is 0.108. The molecule has 2 aromatic carbocycles. The molecule has 0 saturated carbocycles. The SMILES string of the molecule is Cc1ccc(CC(=O)NCCCN2CCN(C)C[C@H]2c2ccccc2)cc1. The van der Waals surface area contributed by atoms with Gasteiger partial charge in [-0.1, -0.05) is 60.2 Å². The smallest absolute Gasteiger partial charge is 0.224 e. The number of amides is 1. The normalized spacial score (nSPS) is 18.4. The Bertz CT molecular complexity index is 714. The van der Waals surface area contributed by atoms with Crippen molar-refractivity contribution < 1.29 is 4.79 Å². The molecule has 1 N–H and O–H groups in total. The Morgan fingerprint density at radius 2 is 1.81 bits per heavy atom. The molecule has 0 unspecified atom stereocenters. The van der Waals surface area contributed by atoms with Gasteiger partial charge in [0.25, 0.3) is 0 Å². The molecule has 2 aromatic rings. The molecule has 0 bridgehead atoms. The van der Waals surface area contributed by atoms with Crippen LogP contribution in [-0.4, -0.2) is 55.5 Å². The third kappa shape index (κ3) is 5.91. The van der Waals surface area contributed by atoms with E-state index in [-0.39, 0.29) is 5.91 Å². The number of aryl methyl sites for hydroxylation is 1. The lowest BCUT2D eigenvalue weighted by atomic mass is 10.0. The van der Waals surface area contributed by atoms with Gasteiger partial charge in [0, 0.05) is 38.8 Å². The summed E-state index contributed by atoms with van der Waals surface area (Å²) in [7, 11) is 2.19. The Balaban J connectivity index is 1.44. The third-order valence-corrected chi connectivity index (χ3v) is 5.31. The number of hydrogen-bond acceptors (Lipinski definition) is 3. The van der Waals surface area contributed by atoms with Crippen molar-refractivity contribution in [3.05, 3.63) is 71.3 Å². The van der Waals surface area contributed by atoms with E-state index in [0.717, 1.165) is 44.7 Å². The van der Waals surface area contributed by atoms with Gasteiger partial charge in [0.1, 0.15) is 0 Å². The highest BCUT2D eigenvalue weighted by Crippen LogP contribution is 2.24. The molecule has 1 saturated heterocycles. The molecule has 27 heavy (non-hydrogen) atoms. The quantitative estimate of drug-likeness (QED) is 0.766. The molecule has 0 radical (unpaired) electrons. The lowest BCUT2D eigenvalue weighted by Gasteiger charge is -2.40. The van der Waals surface area contributed by atoms with Crippen molar-refractivity contribution in [2.24, 2.45) is 0 Å². The Morgan fingerprint density at radius 1 is 1.07 bits per heavy atom. The molecule has 0 aromatic heterocycles. The van der Waals surface area contributed by atoms with E-state index in [1.54, 1.807) is 0 Å². The molecule has 1 fully saturated rings. The van der Waals surface area contributed by atoms with Gasteiger partial charge in [-0.3, -0.25) is 9.69 Å². The fraction of sp³-hybridized carbons (Fsp3) is 0.435. The van der Waals surface area contributed by atoms with Crippen LogP contribution in [0.5, 0.6) is 0 Å². The lowest BCUT2D eigenvalue weighted by molar-refractivity contribution is -0.120. The molecule has 0 spiro atoms. The number of piperazine rings is 1. The summed E-state index contributed by atoms with van der Waals surface area (Å²) in [6.45, 7) is 7.04. The molecule has 3 rings (SSSR count). The minimum Gasteiger partial charge on any atom is -0.356 e. The van der Waals surface area contributed by atoms with Crippen molar-refractivity contribution in [3.63, 3.8) is 0 Å². The molecule has 1 aliphatic rings. The van der Waals surface area contributed by atoms with Gasteiger partial charge in [0.15, 0.2) is 0 Å². The maximum atomic E-state index is 12.1. The van der Waals surface area contributed by atoms with Crippen LogP contribution in [0, 0.1) is 6.92 Å². The van der Waals surface area contributed by atoms with Crippen molar-refractivity contribution in [2.45, 2.75) is 25.8 Å². The standard InChI is InChI=1S/C23H31N3O/c1-19-9-11-20(12-10-19)17-23(27)24-13-6-14-26-16-15-25(2)18-22(26)21-7-4-3-5-8-21/h3-5,7-12,22H,6,13-18H2,1-2H3,(H,24,27)/t22-/m0/s1. The van der Waals surface area contributed by atoms with Crippen molar-refractivity contribution in [3.8, 4) is 0 Å². The first-order valence-electron chi connectivity index (χ1n) is 9.91. The van der Waals surface area contributed by atoms with Crippen LogP contribution in [0.3, 0.4) is 0 Å². The largest absolute Gasteiger partial charge is 0.356 e. The van der Waals surface area contributed by atoms with Gasteiger partial charge >= 0.3 is 0 Å². The van der Waals surface area contributed by atoms with Crippen LogP contribution in [0.25, 0.3) is 0 Å². The van der Waals surface area contributed by atoms with Gasteiger partial charge in [0.05, 0.1) is 6.42 Å². The van der Waals surface area contributed by atoms with Crippen molar-refractivity contribution >= 4 is 5.91 Å². The van der Waals surface area contributed by atoms with E-state index in [9.17, 15) is 4.79 Å². The van der Waals surface area contributed by atoms with Crippen LogP contribution in [0.1, 0.15) is 29.2 Å². The Morgan fingerprint density at radius 3 is 2.56 bits per heavy atom. The number of carbonyl (C=O) groups excluding carboxylic acids is 1. The Labute approximate surface area is 163 Å². The minimum absolute atomic E-state index is 0.108. The van der Waals surface area contributed by atoms with E-state index in [0.29, 0.717) is 12.5 Å². The van der Waals surface area contributed by atoms with Gasteiger partial charge < -0.3 is 10.2 Å². The monoisotopic (exact) mass is 365 g/mol. The molecule has 0 aliphatic carbocycles. The molecule has 144 valence electrons. The number of nitrogens with zero attached hydrogens (tertiary/aromatic N) is 2. The first kappa shape index (κ1) is 19.6. The zero-order valence-corrected chi connectivity index (χ0v) is 16.5. The maximum absolute atomic E-state index is 12.1. The molecule has 1 amide bonds. The van der Waals surface area contributed by atoms with Crippen LogP contribution in [0.2, 0.25) is 0 Å². The molecule has 1 aliphatic heterocycles. The summed E-state index contributed by atoms with van der Waals surface area (Å²) in [4.78, 5) is 17.1. The molecule has 1 heterocycles. The van der Waals surface area contributed by atoms with Crippen molar-refractivity contribution in [1.82, 2.24) is 15.1 Å². The zero-order valence-electron chi connectivity index (χ0n) is 16.5. The second-order valence-corrected chi connectivity index (χ2v) is 7.59. The Kier molecular flexibility index (Phi) is 7.02. The second-order valence-electron chi connectivity index (χ2n) is 7.59. The first-order valence-corrected chi connectivity index (χ1v) is 9.91. The highest BCUT2D eigenvalue weighted by atomic mass is 16.1. The first-order chi connectivity index (χ1) is 13.1. The molecule has 4 nitrogen and oxygen atoms in total. The fourth-order valence-electron chi connectivity index (χ4n) is 3.68. The van der Waals surface area contributed by atoms with Crippen LogP contribution in [0.4, 0.5) is 0 Å². The summed E-state index contributed by atoms with van der Waals surface area (Å²) < 4.78 is 0. The third-order valence-electron chi connectivity index (χ3n) is 5.31. The van der Waals surface area contributed by atoms with E-state index in [4.69, 9.17) is 0 Å². The summed E-state index contributed by atoms with van der Waals surface area (Å²) in [6, 6.07) is 19.4. The topological polar surface area (TPSA) is 35.6 Å². The summed E-state index contributed by atoms with van der Waals surface area (Å²) in [6.07, 6.45) is 1.44. The van der Waals surface area contributed by atoms with Crippen LogP contribution in [0.15, 0.2) is 54.6 Å². The van der Waals surface area contributed by atoms with E-state index < -0.39 is 0 Å². The van der Waals surface area contributed by atoms with Crippen molar-refractivity contribution in [1.29, 1.82) is 0 Å². The number of hydrogen-bond donors (Lipinski definition) is 1. The van der Waals surface area contributed by atoms with Gasteiger partial charge in [0.2, 0.25) is 5.91 Å². The molecular formula is C23H31N3O. The second kappa shape index (κ2) is 9.67. The van der Waals surface area contributed by atoms with Crippen LogP contribution in [-0.2, 0) is 11.2 Å². The number of carbonyl (C=O) groups is 1. The van der Waals surface area contributed by atoms with E-state index in [1.807, 2.05) is 12.1 Å². The molecular weight excluding hydrogens is 334 g/mol. The number of nitrogens with one attached hydrogen (secondary N) is 1. The number of likely N-dealkylation sites (N-methyl/N-ethyl adjacent to an activating group) is 1. The molecule has 1 atom stereocenters. The fourth-order valence-corrected chi connectivity index (χ4v) is 3.68. The van der Waals surface area contributed by atoms with Gasteiger partial charge in [-0.05, 0) is 31.5 Å². The zero-order chi connectivity index (χ0) is 19.1. The van der Waals surface area contributed by atoms with E-state index in [1.165, 1.54) is 11.1 Å². The highest BCUT2D eigenvalue weighted by molar-refractivity contribution is 5.78. The average molecular weight is 366 g/mol. The summed E-state index contributed by atoms with van der Waals surface area (Å²) >= 11 is 0. The van der Waals surface area contributed by atoms with Crippen molar-refractivity contribution in [2.75, 3.05) is 39.8 Å². The number of benzene rings is 2. The predicted molar refractivity (Wildman–Crippen MR) is 111 cm³/mol. The predicted octanol–water partition coefficient (Wildman–Crippen LogP) is 3.03. The summed E-state index contributed by atoms with van der Waals surface area (Å²) in [5.41, 5.74) is 3.67. The van der Waals surface area contributed by atoms with E-state index in [2.05, 4.69) is 71.6 Å². The highest BCUT2D eigenvalue weighted by Gasteiger charge is 2.25. The molecule has 4 heteroatoms. The summed E-state index contributed by atoms with van der Waals surface area (Å²) in [5, 5.41) is 3.07. The minimum atomic E-state index is 0.108. The number of rotatable bonds is 7. The maximum Gasteiger partial charge on any atom is 0.224 e. The van der Waals surface area contributed by atoms with E-state index >= 15 is 0 Å².